The van der Waals surface area contributed by atoms with Crippen molar-refractivity contribution in [1.29, 1.82) is 5.26 Å². The number of alkyl halides is 3. The zero-order valence-electron chi connectivity index (χ0n) is 17.2. The Morgan fingerprint density at radius 1 is 1.26 bits per heavy atom. The number of oxazole rings is 1. The highest BCUT2D eigenvalue weighted by molar-refractivity contribution is 5.95. The number of nitrogens with zero attached hydrogens (tertiary/aromatic N) is 4. The van der Waals surface area contributed by atoms with Crippen LogP contribution in [0.15, 0.2) is 53.5 Å². The predicted octanol–water partition coefficient (Wildman–Crippen LogP) is 4.76. The number of aromatic nitrogens is 3. The number of nitriles is 1. The van der Waals surface area contributed by atoms with Gasteiger partial charge >= 0.3 is 6.18 Å². The minimum Gasteiger partial charge on any atom is -0.441 e. The molecule has 1 N–H and O–H groups in total. The van der Waals surface area contributed by atoms with Crippen molar-refractivity contribution >= 4 is 16.9 Å². The van der Waals surface area contributed by atoms with E-state index in [1.54, 1.807) is 25.3 Å². The first-order valence-electron chi connectivity index (χ1n) is 9.59. The van der Waals surface area contributed by atoms with Crippen LogP contribution in [0.4, 0.5) is 13.2 Å². The number of hydrogen-bond donors (Lipinski definition) is 1. The third-order valence-corrected chi connectivity index (χ3v) is 5.34. The average Bonchev–Trinajstić information content (AvgIpc) is 3.35. The fraction of sp³-hybridized carbons (Fsp3) is 0.318. The minimum atomic E-state index is -4.38. The first kappa shape index (κ1) is 20.7. The van der Waals surface area contributed by atoms with Gasteiger partial charge in [-0.25, -0.2) is 9.97 Å². The summed E-state index contributed by atoms with van der Waals surface area (Å²) in [5, 5.41) is 12.8. The molecular formula is C22H20F3N5O. The summed E-state index contributed by atoms with van der Waals surface area (Å²) in [7, 11) is 0. The van der Waals surface area contributed by atoms with E-state index < -0.39 is 17.1 Å². The summed E-state index contributed by atoms with van der Waals surface area (Å²) in [5.74, 6) is 0.310. The Labute approximate surface area is 176 Å². The lowest BCUT2D eigenvalue weighted by Crippen LogP contribution is -2.39. The molecule has 160 valence electrons. The largest absolute Gasteiger partial charge is 0.441 e. The average molecular weight is 427 g/mol. The molecule has 0 bridgehead atoms. The molecule has 1 atom stereocenters. The van der Waals surface area contributed by atoms with Gasteiger partial charge in [-0.2, -0.15) is 18.4 Å². The van der Waals surface area contributed by atoms with E-state index in [1.165, 1.54) is 6.20 Å². The quantitative estimate of drug-likeness (QED) is 0.649. The first-order chi connectivity index (χ1) is 14.5. The van der Waals surface area contributed by atoms with Crippen molar-refractivity contribution in [3.63, 3.8) is 0 Å². The molecule has 0 amide bonds. The lowest BCUT2D eigenvalue weighted by molar-refractivity contribution is -0.212. The van der Waals surface area contributed by atoms with Crippen LogP contribution >= 0.6 is 0 Å². The lowest BCUT2D eigenvalue weighted by atomic mass is 9.88. The van der Waals surface area contributed by atoms with E-state index in [9.17, 15) is 18.4 Å². The fourth-order valence-electron chi connectivity index (χ4n) is 3.26. The number of rotatable bonds is 4. The Kier molecular flexibility index (Phi) is 4.69. The number of pyridine rings is 1. The Morgan fingerprint density at radius 3 is 2.74 bits per heavy atom. The monoisotopic (exact) mass is 427 g/mol. The molecule has 0 fully saturated rings. The normalized spacial score (nSPS) is 19.5. The molecule has 6 nitrogen and oxygen atoms in total. The second-order valence-corrected chi connectivity index (χ2v) is 8.35. The Bertz CT molecular complexity index is 1240. The molecule has 3 aromatic heterocycles. The van der Waals surface area contributed by atoms with Gasteiger partial charge in [0.05, 0.1) is 23.4 Å². The number of halogens is 3. The number of hydrogen-bond acceptors (Lipinski definition) is 5. The molecule has 31 heavy (non-hydrogen) atoms. The number of allylic oxidation sites excluding steroid dienone is 2. The zero-order valence-corrected chi connectivity index (χ0v) is 17.2. The summed E-state index contributed by atoms with van der Waals surface area (Å²) in [6, 6.07) is 5.92. The Balaban J connectivity index is 1.77. The summed E-state index contributed by atoms with van der Waals surface area (Å²) < 4.78 is 47.3. The highest BCUT2D eigenvalue weighted by Crippen LogP contribution is 2.40. The van der Waals surface area contributed by atoms with Crippen molar-refractivity contribution < 1.29 is 17.6 Å². The van der Waals surface area contributed by atoms with Crippen LogP contribution in [0.2, 0.25) is 0 Å². The molecule has 1 unspecified atom stereocenters. The lowest BCUT2D eigenvalue weighted by Gasteiger charge is -2.28. The van der Waals surface area contributed by atoms with Crippen LogP contribution in [0.25, 0.3) is 16.9 Å². The van der Waals surface area contributed by atoms with E-state index in [-0.39, 0.29) is 12.3 Å². The van der Waals surface area contributed by atoms with E-state index in [0.717, 1.165) is 19.4 Å². The van der Waals surface area contributed by atoms with Gasteiger partial charge in [-0.3, -0.25) is 0 Å². The van der Waals surface area contributed by atoms with Gasteiger partial charge < -0.3 is 14.1 Å². The molecule has 1 aliphatic rings. The molecule has 3 aromatic rings. The third kappa shape index (κ3) is 3.81. The number of dihydropyridines is 1. The second kappa shape index (κ2) is 7.01. The van der Waals surface area contributed by atoms with Gasteiger partial charge in [0.1, 0.15) is 11.2 Å². The van der Waals surface area contributed by atoms with Crippen LogP contribution in [0.3, 0.4) is 0 Å². The highest BCUT2D eigenvalue weighted by atomic mass is 19.4. The van der Waals surface area contributed by atoms with E-state index in [1.807, 2.05) is 28.9 Å². The van der Waals surface area contributed by atoms with Crippen molar-refractivity contribution in [2.24, 2.45) is 5.41 Å². The topological polar surface area (TPSA) is 79.2 Å². The maximum atomic E-state index is 13.3. The van der Waals surface area contributed by atoms with Crippen LogP contribution in [-0.2, 0) is 6.42 Å². The molecule has 0 spiro atoms. The molecule has 0 saturated carbocycles. The maximum Gasteiger partial charge on any atom is 0.394 e. The summed E-state index contributed by atoms with van der Waals surface area (Å²) in [4.78, 5) is 8.36. The van der Waals surface area contributed by atoms with Crippen LogP contribution in [-0.4, -0.2) is 26.1 Å². The summed E-state index contributed by atoms with van der Waals surface area (Å²) in [5.41, 5.74) is -0.265. The molecule has 0 radical (unpaired) electrons. The van der Waals surface area contributed by atoms with Gasteiger partial charge in [-0.1, -0.05) is 13.8 Å². The van der Waals surface area contributed by atoms with Gasteiger partial charge in [0, 0.05) is 36.1 Å². The second-order valence-electron chi connectivity index (χ2n) is 8.35. The standard InChI is InChI=1S/C22H20F3N5O/c1-20(2,22(23,24)25)11-18-28-12-16(31-18)15-4-6-21(3,13-26)29-19(15)14-5-8-30-9-7-27-17(30)10-14/h4-10,12,29H,11H2,1-3H3. The number of nitrogens with one attached hydrogen (secondary N) is 1. The van der Waals surface area contributed by atoms with Crippen LogP contribution < -0.4 is 5.32 Å². The molecule has 4 rings (SSSR count). The van der Waals surface area contributed by atoms with Crippen molar-refractivity contribution in [2.75, 3.05) is 0 Å². The van der Waals surface area contributed by atoms with E-state index in [2.05, 4.69) is 21.4 Å². The smallest absolute Gasteiger partial charge is 0.394 e. The molecule has 0 saturated heterocycles. The summed E-state index contributed by atoms with van der Waals surface area (Å²) >= 11 is 0. The molecule has 1 aliphatic heterocycles. The first-order valence-corrected chi connectivity index (χ1v) is 9.59. The molecule has 0 aromatic carbocycles. The third-order valence-electron chi connectivity index (χ3n) is 5.34. The fourth-order valence-corrected chi connectivity index (χ4v) is 3.26. The van der Waals surface area contributed by atoms with Crippen molar-refractivity contribution in [2.45, 2.75) is 38.9 Å². The van der Waals surface area contributed by atoms with Crippen molar-refractivity contribution in [3.05, 3.63) is 66.3 Å². The van der Waals surface area contributed by atoms with Gasteiger partial charge in [-0.05, 0) is 31.2 Å². The van der Waals surface area contributed by atoms with Gasteiger partial charge in [0.25, 0.3) is 0 Å². The van der Waals surface area contributed by atoms with Crippen molar-refractivity contribution in [1.82, 2.24) is 19.7 Å². The van der Waals surface area contributed by atoms with E-state index >= 15 is 0 Å². The molecule has 4 heterocycles. The maximum absolute atomic E-state index is 13.3. The summed E-state index contributed by atoms with van der Waals surface area (Å²) in [6.45, 7) is 3.95. The van der Waals surface area contributed by atoms with Gasteiger partial charge in [0.15, 0.2) is 11.7 Å². The zero-order chi connectivity index (χ0) is 22.4. The summed E-state index contributed by atoms with van der Waals surface area (Å²) in [6.07, 6.45) is 5.38. The van der Waals surface area contributed by atoms with Crippen molar-refractivity contribution in [3.8, 4) is 6.07 Å². The Morgan fingerprint density at radius 2 is 2.03 bits per heavy atom. The molecule has 9 heteroatoms. The van der Waals surface area contributed by atoms with Gasteiger partial charge in [-0.15, -0.1) is 0 Å². The number of fused-ring (bicyclic) bond motifs is 1. The van der Waals surface area contributed by atoms with E-state index in [4.69, 9.17) is 4.42 Å². The number of imidazole rings is 1. The molecular weight excluding hydrogens is 407 g/mol. The molecule has 0 aliphatic carbocycles. The van der Waals surface area contributed by atoms with Gasteiger partial charge in [0.2, 0.25) is 0 Å². The van der Waals surface area contributed by atoms with Crippen LogP contribution in [0.5, 0.6) is 0 Å². The highest BCUT2D eigenvalue weighted by Gasteiger charge is 2.48. The Hall–Kier alpha value is -3.54. The van der Waals surface area contributed by atoms with E-state index in [0.29, 0.717) is 22.7 Å². The van der Waals surface area contributed by atoms with Crippen LogP contribution in [0, 0.1) is 16.7 Å². The SMILES string of the molecule is CC1(C#N)C=CC(c2cnc(CC(C)(C)C(F)(F)F)o2)=C(c2ccn3ccnc3c2)N1. The minimum absolute atomic E-state index is 0.00472. The predicted molar refractivity (Wildman–Crippen MR) is 108 cm³/mol. The van der Waals surface area contributed by atoms with Crippen LogP contribution in [0.1, 0.15) is 38.0 Å².